The molecule has 80 valence electrons. The van der Waals surface area contributed by atoms with Crippen LogP contribution in [0, 0.1) is 0 Å². The lowest BCUT2D eigenvalue weighted by atomic mass is 10.2. The maximum atomic E-state index is 6.04. The maximum Gasteiger partial charge on any atom is 0.110 e. The third-order valence-corrected chi connectivity index (χ3v) is 5.28. The molecule has 1 aliphatic heterocycles. The topological polar surface area (TPSA) is 43.0 Å². The number of nitrogens with one attached hydrogen (secondary N) is 1. The van der Waals surface area contributed by atoms with Crippen LogP contribution in [0.5, 0.6) is 0 Å². The summed E-state index contributed by atoms with van der Waals surface area (Å²) >= 11 is 0. The molecule has 0 fully saturated rings. The molecule has 3 N–H and O–H groups in total. The van der Waals surface area contributed by atoms with Gasteiger partial charge in [0.2, 0.25) is 0 Å². The number of aromatic nitrogens is 1. The SMILES string of the molecule is Cn1c2c(c3ccccc31)NC(N)[SH]2C. The fourth-order valence-electron chi connectivity index (χ4n) is 2.31. The molecule has 0 saturated heterocycles. The summed E-state index contributed by atoms with van der Waals surface area (Å²) < 4.78 is 2.27. The molecule has 3 nitrogen and oxygen atoms in total. The molecule has 2 unspecified atom stereocenters. The molecule has 4 heteroatoms. The van der Waals surface area contributed by atoms with Gasteiger partial charge in [0.25, 0.3) is 0 Å². The molecule has 15 heavy (non-hydrogen) atoms. The van der Waals surface area contributed by atoms with Crippen molar-refractivity contribution in [2.24, 2.45) is 12.8 Å². The number of hydrogen-bond acceptors (Lipinski definition) is 2. The molecule has 0 spiro atoms. The number of thiol groups is 1. The van der Waals surface area contributed by atoms with Crippen molar-refractivity contribution in [3.63, 3.8) is 0 Å². The minimum absolute atomic E-state index is 0.112. The Bertz CT molecular complexity index is 532. The zero-order valence-electron chi connectivity index (χ0n) is 8.86. The van der Waals surface area contributed by atoms with Crippen LogP contribution < -0.4 is 11.1 Å². The third kappa shape index (κ3) is 1.06. The molecule has 2 atom stereocenters. The Kier molecular flexibility index (Phi) is 1.78. The highest BCUT2D eigenvalue weighted by atomic mass is 32.2. The van der Waals surface area contributed by atoms with Crippen LogP contribution in [0.2, 0.25) is 0 Å². The summed E-state index contributed by atoms with van der Waals surface area (Å²) in [7, 11) is 1.84. The van der Waals surface area contributed by atoms with E-state index in [2.05, 4.69) is 47.5 Å². The standard InChI is InChI=1S/C11H15N3S/c1-14-8-6-4-3-5-7(8)9-10(14)15(2)11(12)13-9/h3-6,11,13,15H,12H2,1-2H3. The second kappa shape index (κ2) is 2.93. The Hall–Kier alpha value is -1.13. The fraction of sp³-hybridized carbons (Fsp3) is 0.273. The third-order valence-electron chi connectivity index (χ3n) is 3.12. The van der Waals surface area contributed by atoms with Crippen molar-refractivity contribution in [1.29, 1.82) is 0 Å². The predicted octanol–water partition coefficient (Wildman–Crippen LogP) is 1.84. The molecule has 0 saturated carbocycles. The van der Waals surface area contributed by atoms with Gasteiger partial charge in [0.05, 0.1) is 16.2 Å². The van der Waals surface area contributed by atoms with E-state index >= 15 is 0 Å². The molecule has 0 bridgehead atoms. The van der Waals surface area contributed by atoms with Crippen LogP contribution in [0.25, 0.3) is 10.9 Å². The van der Waals surface area contributed by atoms with Gasteiger partial charge in [-0.25, -0.2) is 0 Å². The van der Waals surface area contributed by atoms with Crippen molar-refractivity contribution in [2.75, 3.05) is 11.6 Å². The summed E-state index contributed by atoms with van der Waals surface area (Å²) in [5.41, 5.74) is 8.68. The van der Waals surface area contributed by atoms with Gasteiger partial charge in [-0.1, -0.05) is 18.2 Å². The molecule has 2 aromatic rings. The van der Waals surface area contributed by atoms with Gasteiger partial charge < -0.3 is 15.6 Å². The summed E-state index contributed by atoms with van der Waals surface area (Å²) in [5.74, 6) is 0. The smallest absolute Gasteiger partial charge is 0.110 e. The molecular weight excluding hydrogens is 206 g/mol. The van der Waals surface area contributed by atoms with Crippen LogP contribution in [0.3, 0.4) is 0 Å². The van der Waals surface area contributed by atoms with E-state index in [1.807, 2.05) is 0 Å². The second-order valence-electron chi connectivity index (χ2n) is 3.97. The first kappa shape index (κ1) is 9.12. The summed E-state index contributed by atoms with van der Waals surface area (Å²) in [6.45, 7) is 0. The lowest BCUT2D eigenvalue weighted by Crippen LogP contribution is -2.24. The number of aryl methyl sites for hydroxylation is 1. The van der Waals surface area contributed by atoms with E-state index in [0.29, 0.717) is 0 Å². The number of nitrogens with two attached hydrogens (primary N) is 1. The van der Waals surface area contributed by atoms with Gasteiger partial charge in [-0.15, -0.1) is 0 Å². The van der Waals surface area contributed by atoms with Gasteiger partial charge >= 0.3 is 0 Å². The highest BCUT2D eigenvalue weighted by Gasteiger charge is 2.28. The van der Waals surface area contributed by atoms with Crippen LogP contribution >= 0.6 is 10.9 Å². The summed E-state index contributed by atoms with van der Waals surface area (Å²) in [4.78, 5) is 0. The van der Waals surface area contributed by atoms with Crippen LogP contribution in [0.4, 0.5) is 5.69 Å². The number of hydrogen-bond donors (Lipinski definition) is 3. The number of anilines is 1. The van der Waals surface area contributed by atoms with E-state index < -0.39 is 0 Å². The van der Waals surface area contributed by atoms with Gasteiger partial charge in [-0.05, 0) is 12.3 Å². The van der Waals surface area contributed by atoms with Crippen LogP contribution in [0.15, 0.2) is 29.3 Å². The molecule has 1 aliphatic rings. The first-order chi connectivity index (χ1) is 7.20. The second-order valence-corrected chi connectivity index (χ2v) is 6.18. The monoisotopic (exact) mass is 221 g/mol. The van der Waals surface area contributed by atoms with Crippen molar-refractivity contribution in [1.82, 2.24) is 4.57 Å². The van der Waals surface area contributed by atoms with E-state index in [1.165, 1.54) is 21.6 Å². The van der Waals surface area contributed by atoms with E-state index in [0.717, 1.165) is 0 Å². The minimum atomic E-state index is -0.280. The van der Waals surface area contributed by atoms with E-state index in [-0.39, 0.29) is 16.4 Å². The lowest BCUT2D eigenvalue weighted by Gasteiger charge is -2.16. The number of para-hydroxylation sites is 1. The zero-order chi connectivity index (χ0) is 10.6. The van der Waals surface area contributed by atoms with Crippen molar-refractivity contribution in [2.45, 2.75) is 10.5 Å². The summed E-state index contributed by atoms with van der Waals surface area (Å²) in [5, 5.41) is 6.07. The molecule has 0 aliphatic carbocycles. The average molecular weight is 221 g/mol. The number of benzene rings is 1. The summed E-state index contributed by atoms with van der Waals surface area (Å²) in [6, 6.07) is 8.47. The van der Waals surface area contributed by atoms with E-state index in [9.17, 15) is 0 Å². The Balaban J connectivity index is 2.38. The number of fused-ring (bicyclic) bond motifs is 3. The molecule has 0 amide bonds. The Morgan fingerprint density at radius 2 is 2.13 bits per heavy atom. The van der Waals surface area contributed by atoms with Gasteiger partial charge in [-0.3, -0.25) is 0 Å². The minimum Gasteiger partial charge on any atom is -0.360 e. The average Bonchev–Trinajstić information content (AvgIpc) is 2.68. The molecule has 1 aromatic carbocycles. The fourth-order valence-corrected chi connectivity index (χ4v) is 4.02. The quantitative estimate of drug-likeness (QED) is 0.594. The largest absolute Gasteiger partial charge is 0.360 e. The van der Waals surface area contributed by atoms with Crippen LogP contribution in [0.1, 0.15) is 0 Å². The van der Waals surface area contributed by atoms with Crippen molar-refractivity contribution in [3.8, 4) is 0 Å². The van der Waals surface area contributed by atoms with Crippen molar-refractivity contribution in [3.05, 3.63) is 24.3 Å². The maximum absolute atomic E-state index is 6.04. The number of nitrogens with zero attached hydrogens (tertiary/aromatic N) is 1. The van der Waals surface area contributed by atoms with E-state index in [1.54, 1.807) is 0 Å². The Morgan fingerprint density at radius 3 is 2.93 bits per heavy atom. The normalized spacial score (nSPS) is 26.6. The lowest BCUT2D eigenvalue weighted by molar-refractivity contribution is 0.867. The zero-order valence-corrected chi connectivity index (χ0v) is 9.75. The van der Waals surface area contributed by atoms with Gasteiger partial charge in [0.1, 0.15) is 5.50 Å². The predicted molar refractivity (Wildman–Crippen MR) is 67.7 cm³/mol. The first-order valence-electron chi connectivity index (χ1n) is 5.02. The van der Waals surface area contributed by atoms with Gasteiger partial charge in [0, 0.05) is 12.4 Å². The highest BCUT2D eigenvalue weighted by molar-refractivity contribution is 8.17. The van der Waals surface area contributed by atoms with Crippen molar-refractivity contribution >= 4 is 27.5 Å². The highest BCUT2D eigenvalue weighted by Crippen LogP contribution is 2.50. The molecule has 0 radical (unpaired) electrons. The Labute approximate surface area is 91.6 Å². The van der Waals surface area contributed by atoms with Crippen molar-refractivity contribution < 1.29 is 0 Å². The van der Waals surface area contributed by atoms with Crippen LogP contribution in [-0.2, 0) is 7.05 Å². The van der Waals surface area contributed by atoms with Crippen LogP contribution in [-0.4, -0.2) is 16.3 Å². The molecule has 3 rings (SSSR count). The van der Waals surface area contributed by atoms with Gasteiger partial charge in [-0.2, -0.15) is 10.9 Å². The summed E-state index contributed by atoms with van der Waals surface area (Å²) in [6.07, 6.45) is 2.23. The van der Waals surface area contributed by atoms with E-state index in [4.69, 9.17) is 5.73 Å². The molecule has 2 heterocycles. The molecule has 1 aromatic heterocycles. The number of rotatable bonds is 0. The molecular formula is C11H15N3S. The van der Waals surface area contributed by atoms with Gasteiger partial charge in [0.15, 0.2) is 0 Å². The first-order valence-corrected chi connectivity index (χ1v) is 6.88. The Morgan fingerprint density at radius 1 is 1.40 bits per heavy atom.